The molecule has 0 fully saturated rings. The minimum atomic E-state index is -0.390. The van der Waals surface area contributed by atoms with E-state index >= 15 is 0 Å². The molecule has 1 atom stereocenters. The van der Waals surface area contributed by atoms with Crippen molar-refractivity contribution in [2.75, 3.05) is 5.32 Å². The van der Waals surface area contributed by atoms with Gasteiger partial charge in [0.2, 0.25) is 0 Å². The number of anilines is 1. The molecule has 0 aliphatic heterocycles. The summed E-state index contributed by atoms with van der Waals surface area (Å²) in [5, 5.41) is 5.23. The predicted molar refractivity (Wildman–Crippen MR) is 90.3 cm³/mol. The number of allylic oxidation sites excluding steroid dienone is 3. The van der Waals surface area contributed by atoms with Crippen molar-refractivity contribution in [2.24, 2.45) is 0 Å². The zero-order valence-electron chi connectivity index (χ0n) is 11.5. The van der Waals surface area contributed by atoms with Gasteiger partial charge in [0.05, 0.1) is 9.52 Å². The first kappa shape index (κ1) is 12.9. The second-order valence-electron chi connectivity index (χ2n) is 5.13. The molecule has 0 bridgehead atoms. The highest BCUT2D eigenvalue weighted by molar-refractivity contribution is 6.56. The highest BCUT2D eigenvalue weighted by atomic mass is 28.2. The van der Waals surface area contributed by atoms with Crippen LogP contribution >= 0.6 is 0 Å². The lowest BCUT2D eigenvalue weighted by Crippen LogP contribution is -2.35. The Labute approximate surface area is 122 Å². The van der Waals surface area contributed by atoms with E-state index in [0.717, 1.165) is 6.42 Å². The predicted octanol–water partition coefficient (Wildman–Crippen LogP) is 2.81. The van der Waals surface area contributed by atoms with Crippen LogP contribution in [0.25, 0.3) is 0 Å². The Bertz CT molecular complexity index is 560. The fourth-order valence-corrected chi connectivity index (χ4v) is 4.50. The van der Waals surface area contributed by atoms with Crippen LogP contribution in [0.5, 0.6) is 0 Å². The minimum Gasteiger partial charge on any atom is -0.382 e. The number of benzene rings is 2. The number of hydrogen-bond donors (Lipinski definition) is 1. The lowest BCUT2D eigenvalue weighted by molar-refractivity contribution is 1.06. The Kier molecular flexibility index (Phi) is 4.14. The maximum absolute atomic E-state index is 3.72. The minimum absolute atomic E-state index is 0.390. The van der Waals surface area contributed by atoms with E-state index in [-0.39, 0.29) is 0 Å². The highest BCUT2D eigenvalue weighted by Gasteiger charge is 2.16. The van der Waals surface area contributed by atoms with Gasteiger partial charge in [-0.1, -0.05) is 71.9 Å². The van der Waals surface area contributed by atoms with Gasteiger partial charge < -0.3 is 5.32 Å². The molecule has 0 saturated carbocycles. The molecule has 1 nitrogen and oxygen atoms in total. The van der Waals surface area contributed by atoms with E-state index in [4.69, 9.17) is 0 Å². The van der Waals surface area contributed by atoms with Gasteiger partial charge in [0.25, 0.3) is 0 Å². The molecule has 0 spiro atoms. The van der Waals surface area contributed by atoms with Crippen molar-refractivity contribution >= 4 is 20.4 Å². The van der Waals surface area contributed by atoms with Crippen LogP contribution in [-0.2, 0) is 0 Å². The summed E-state index contributed by atoms with van der Waals surface area (Å²) in [6, 6.07) is 21.4. The molecule has 1 unspecified atom stereocenters. The second-order valence-corrected chi connectivity index (χ2v) is 7.17. The Balaban J connectivity index is 1.77. The van der Waals surface area contributed by atoms with E-state index in [0.29, 0.717) is 5.67 Å². The molecular weight excluding hydrogens is 258 g/mol. The Hall–Kier alpha value is -2.06. The van der Waals surface area contributed by atoms with Gasteiger partial charge in [0.1, 0.15) is 0 Å². The number of rotatable bonds is 5. The van der Waals surface area contributed by atoms with Crippen molar-refractivity contribution < 1.29 is 0 Å². The maximum atomic E-state index is 3.72. The lowest BCUT2D eigenvalue weighted by Gasteiger charge is -2.21. The molecule has 0 saturated heterocycles. The first-order valence-electron chi connectivity index (χ1n) is 7.13. The van der Waals surface area contributed by atoms with Gasteiger partial charge >= 0.3 is 0 Å². The van der Waals surface area contributed by atoms with Crippen LogP contribution in [0.2, 0.25) is 0 Å². The molecule has 0 radical (unpaired) electrons. The Morgan fingerprint density at radius 2 is 1.60 bits per heavy atom. The summed E-state index contributed by atoms with van der Waals surface area (Å²) < 4.78 is 0. The van der Waals surface area contributed by atoms with Crippen LogP contribution in [0.1, 0.15) is 6.42 Å². The molecule has 0 amide bonds. The summed E-state index contributed by atoms with van der Waals surface area (Å²) >= 11 is 0. The Morgan fingerprint density at radius 1 is 0.900 bits per heavy atom. The summed E-state index contributed by atoms with van der Waals surface area (Å²) in [5.74, 6) is 0. The van der Waals surface area contributed by atoms with Crippen LogP contribution in [0, 0.1) is 0 Å². The SMILES string of the molecule is C1=CCC(C(Nc2ccccc2)[SiH2]c2ccccc2)=C1. The normalized spacial score (nSPS) is 15.5. The third-order valence-corrected chi connectivity index (χ3v) is 5.72. The van der Waals surface area contributed by atoms with Crippen molar-refractivity contribution in [1.82, 2.24) is 0 Å². The van der Waals surface area contributed by atoms with Crippen LogP contribution in [-0.4, -0.2) is 15.2 Å². The van der Waals surface area contributed by atoms with Crippen LogP contribution < -0.4 is 10.5 Å². The molecule has 2 aromatic carbocycles. The molecule has 1 N–H and O–H groups in total. The largest absolute Gasteiger partial charge is 0.382 e. The van der Waals surface area contributed by atoms with Gasteiger partial charge in [0.15, 0.2) is 0 Å². The summed E-state index contributed by atoms with van der Waals surface area (Å²) in [5.41, 5.74) is 3.23. The van der Waals surface area contributed by atoms with Crippen molar-refractivity contribution in [3.05, 3.63) is 84.5 Å². The second kappa shape index (κ2) is 6.39. The van der Waals surface area contributed by atoms with Crippen molar-refractivity contribution in [3.8, 4) is 0 Å². The summed E-state index contributed by atoms with van der Waals surface area (Å²) in [6.07, 6.45) is 7.78. The molecule has 0 aromatic heterocycles. The summed E-state index contributed by atoms with van der Waals surface area (Å²) in [7, 11) is -0.390. The third-order valence-electron chi connectivity index (χ3n) is 3.64. The van der Waals surface area contributed by atoms with E-state index in [9.17, 15) is 0 Å². The molecule has 1 aliphatic carbocycles. The van der Waals surface area contributed by atoms with Crippen molar-refractivity contribution in [2.45, 2.75) is 12.1 Å². The van der Waals surface area contributed by atoms with Gasteiger partial charge in [0, 0.05) is 11.4 Å². The fourth-order valence-electron chi connectivity index (χ4n) is 2.58. The molecule has 100 valence electrons. The van der Waals surface area contributed by atoms with Gasteiger partial charge in [-0.3, -0.25) is 0 Å². The van der Waals surface area contributed by atoms with E-state index in [1.807, 2.05) is 0 Å². The molecular formula is C18H19NSi. The Morgan fingerprint density at radius 3 is 2.25 bits per heavy atom. The van der Waals surface area contributed by atoms with Gasteiger partial charge in [-0.25, -0.2) is 0 Å². The standard InChI is InChI=1S/C18H19NSi/c1-3-11-16(12-4-1)19-18(15-9-7-8-10-15)20-17-13-5-2-6-14-17/h1-9,11-14,18-19H,10,20H2. The van der Waals surface area contributed by atoms with E-state index < -0.39 is 9.52 Å². The van der Waals surface area contributed by atoms with Gasteiger partial charge in [-0.05, 0) is 24.1 Å². The average Bonchev–Trinajstić information content (AvgIpc) is 3.03. The maximum Gasteiger partial charge on any atom is 0.0857 e. The molecule has 2 aromatic rings. The van der Waals surface area contributed by atoms with Gasteiger partial charge in [-0.15, -0.1) is 0 Å². The molecule has 0 heterocycles. The monoisotopic (exact) mass is 277 g/mol. The van der Waals surface area contributed by atoms with E-state index in [2.05, 4.69) is 84.2 Å². The first-order chi connectivity index (χ1) is 9.92. The van der Waals surface area contributed by atoms with Crippen molar-refractivity contribution in [3.63, 3.8) is 0 Å². The number of hydrogen-bond acceptors (Lipinski definition) is 1. The molecule has 3 rings (SSSR count). The molecule has 2 heteroatoms. The van der Waals surface area contributed by atoms with Crippen LogP contribution in [0.3, 0.4) is 0 Å². The quantitative estimate of drug-likeness (QED) is 0.829. The van der Waals surface area contributed by atoms with Crippen molar-refractivity contribution in [1.29, 1.82) is 0 Å². The average molecular weight is 277 g/mol. The smallest absolute Gasteiger partial charge is 0.0857 e. The summed E-state index contributed by atoms with van der Waals surface area (Å²) in [6.45, 7) is 0. The summed E-state index contributed by atoms with van der Waals surface area (Å²) in [4.78, 5) is 0. The zero-order valence-corrected chi connectivity index (χ0v) is 12.9. The van der Waals surface area contributed by atoms with Crippen LogP contribution in [0.15, 0.2) is 84.5 Å². The number of nitrogens with one attached hydrogen (secondary N) is 1. The fraction of sp³-hybridized carbons (Fsp3) is 0.111. The zero-order chi connectivity index (χ0) is 13.6. The van der Waals surface area contributed by atoms with E-state index in [1.165, 1.54) is 16.4 Å². The lowest BCUT2D eigenvalue weighted by atomic mass is 10.2. The molecule has 1 aliphatic rings. The third kappa shape index (κ3) is 3.28. The van der Waals surface area contributed by atoms with E-state index in [1.54, 1.807) is 0 Å². The van der Waals surface area contributed by atoms with Gasteiger partial charge in [-0.2, -0.15) is 0 Å². The number of para-hydroxylation sites is 1. The molecule has 20 heavy (non-hydrogen) atoms. The highest BCUT2D eigenvalue weighted by Crippen LogP contribution is 2.18. The van der Waals surface area contributed by atoms with Crippen LogP contribution in [0.4, 0.5) is 5.69 Å². The first-order valence-corrected chi connectivity index (χ1v) is 8.65. The topological polar surface area (TPSA) is 12.0 Å².